The summed E-state index contributed by atoms with van der Waals surface area (Å²) in [7, 11) is 0. The van der Waals surface area contributed by atoms with E-state index in [4.69, 9.17) is 16.0 Å². The zero-order chi connectivity index (χ0) is 21.6. The molecule has 0 fully saturated rings. The number of hydrogen-bond acceptors (Lipinski definition) is 7. The van der Waals surface area contributed by atoms with Crippen molar-refractivity contribution in [2.24, 2.45) is 5.10 Å². The van der Waals surface area contributed by atoms with E-state index < -0.39 is 0 Å². The van der Waals surface area contributed by atoms with Gasteiger partial charge in [-0.3, -0.25) is 14.3 Å². The van der Waals surface area contributed by atoms with E-state index in [2.05, 4.69) is 25.7 Å². The standard InChI is InChI=1S/C21H17ClN6O2S/c1-14-2-7-18(30-14)12-24-25-19(29)13-31-21-27-26-20(15-8-10-23-11-9-15)28(21)17-5-3-16(22)4-6-17/h2-12H,13H2,1H3,(H,25,29). The van der Waals surface area contributed by atoms with Crippen molar-refractivity contribution in [2.45, 2.75) is 12.1 Å². The Balaban J connectivity index is 1.51. The Morgan fingerprint density at radius 1 is 1.16 bits per heavy atom. The second kappa shape index (κ2) is 9.59. The Morgan fingerprint density at radius 3 is 2.65 bits per heavy atom. The van der Waals surface area contributed by atoms with Gasteiger partial charge in [0.1, 0.15) is 11.5 Å². The quantitative estimate of drug-likeness (QED) is 0.257. The van der Waals surface area contributed by atoms with Crippen LogP contribution in [0.5, 0.6) is 0 Å². The van der Waals surface area contributed by atoms with Gasteiger partial charge in [-0.05, 0) is 55.5 Å². The van der Waals surface area contributed by atoms with Crippen molar-refractivity contribution in [3.63, 3.8) is 0 Å². The topological polar surface area (TPSA) is 98.2 Å². The van der Waals surface area contributed by atoms with Gasteiger partial charge in [-0.2, -0.15) is 5.10 Å². The number of nitrogens with one attached hydrogen (secondary N) is 1. The van der Waals surface area contributed by atoms with Crippen LogP contribution in [-0.4, -0.2) is 37.6 Å². The first-order chi connectivity index (χ1) is 15.1. The van der Waals surface area contributed by atoms with Gasteiger partial charge >= 0.3 is 0 Å². The Morgan fingerprint density at radius 2 is 1.94 bits per heavy atom. The molecule has 8 nitrogen and oxygen atoms in total. The molecule has 4 aromatic rings. The fraction of sp³-hybridized carbons (Fsp3) is 0.0952. The summed E-state index contributed by atoms with van der Waals surface area (Å²) in [5.41, 5.74) is 4.17. The molecule has 3 heterocycles. The first-order valence-electron chi connectivity index (χ1n) is 9.23. The number of rotatable bonds is 7. The van der Waals surface area contributed by atoms with Crippen LogP contribution in [-0.2, 0) is 4.79 Å². The lowest BCUT2D eigenvalue weighted by Gasteiger charge is -2.10. The maximum atomic E-state index is 12.2. The van der Waals surface area contributed by atoms with Crippen molar-refractivity contribution in [3.05, 3.63) is 77.5 Å². The van der Waals surface area contributed by atoms with Gasteiger partial charge in [0.05, 0.1) is 12.0 Å². The van der Waals surface area contributed by atoms with Gasteiger partial charge in [0.25, 0.3) is 5.91 Å². The second-order valence-corrected chi connectivity index (χ2v) is 7.76. The van der Waals surface area contributed by atoms with Gasteiger partial charge in [-0.25, -0.2) is 5.43 Å². The first kappa shape index (κ1) is 20.8. The molecule has 3 aromatic heterocycles. The average molecular weight is 453 g/mol. The zero-order valence-corrected chi connectivity index (χ0v) is 18.0. The molecule has 0 aliphatic rings. The predicted molar refractivity (Wildman–Crippen MR) is 120 cm³/mol. The number of thioether (sulfide) groups is 1. The van der Waals surface area contributed by atoms with Gasteiger partial charge in [-0.15, -0.1) is 10.2 Å². The summed E-state index contributed by atoms with van der Waals surface area (Å²) in [6, 6.07) is 14.6. The Kier molecular flexibility index (Phi) is 6.44. The minimum Gasteiger partial charge on any atom is -0.460 e. The number of amides is 1. The Hall–Kier alpha value is -3.43. The van der Waals surface area contributed by atoms with E-state index in [0.717, 1.165) is 17.0 Å². The zero-order valence-electron chi connectivity index (χ0n) is 16.4. The van der Waals surface area contributed by atoms with Crippen LogP contribution in [0.15, 0.2) is 75.6 Å². The van der Waals surface area contributed by atoms with Crippen LogP contribution in [0.1, 0.15) is 11.5 Å². The van der Waals surface area contributed by atoms with Crippen LogP contribution in [0.4, 0.5) is 0 Å². The molecule has 156 valence electrons. The molecule has 0 saturated heterocycles. The van der Waals surface area contributed by atoms with Crippen LogP contribution in [0.2, 0.25) is 5.02 Å². The largest absolute Gasteiger partial charge is 0.460 e. The number of hydrazone groups is 1. The molecule has 0 aliphatic heterocycles. The third kappa shape index (κ3) is 5.19. The summed E-state index contributed by atoms with van der Waals surface area (Å²) in [6.45, 7) is 1.84. The number of pyridine rings is 1. The van der Waals surface area contributed by atoms with Gasteiger partial charge in [-0.1, -0.05) is 23.4 Å². The number of nitrogens with zero attached hydrogens (tertiary/aromatic N) is 5. The molecule has 4 rings (SSSR count). The predicted octanol–water partition coefficient (Wildman–Crippen LogP) is 4.13. The SMILES string of the molecule is Cc1ccc(C=NNC(=O)CSc2nnc(-c3ccncc3)n2-c2ccc(Cl)cc2)o1. The van der Waals surface area contributed by atoms with Crippen molar-refractivity contribution < 1.29 is 9.21 Å². The molecule has 0 atom stereocenters. The van der Waals surface area contributed by atoms with Gasteiger partial charge in [0, 0.05) is 28.7 Å². The summed E-state index contributed by atoms with van der Waals surface area (Å²) in [6.07, 6.45) is 4.83. The van der Waals surface area contributed by atoms with Crippen molar-refractivity contribution in [3.8, 4) is 17.1 Å². The smallest absolute Gasteiger partial charge is 0.250 e. The summed E-state index contributed by atoms with van der Waals surface area (Å²) >= 11 is 7.29. The highest BCUT2D eigenvalue weighted by Crippen LogP contribution is 2.28. The molecule has 0 unspecified atom stereocenters. The fourth-order valence-electron chi connectivity index (χ4n) is 2.73. The lowest BCUT2D eigenvalue weighted by Crippen LogP contribution is -2.19. The number of furan rings is 1. The minimum atomic E-state index is -0.277. The molecule has 0 spiro atoms. The summed E-state index contributed by atoms with van der Waals surface area (Å²) in [4.78, 5) is 16.3. The van der Waals surface area contributed by atoms with E-state index in [1.165, 1.54) is 18.0 Å². The van der Waals surface area contributed by atoms with Gasteiger partial charge in [0.15, 0.2) is 11.0 Å². The van der Waals surface area contributed by atoms with E-state index >= 15 is 0 Å². The number of halogens is 1. The number of hydrogen-bond donors (Lipinski definition) is 1. The lowest BCUT2D eigenvalue weighted by atomic mass is 10.2. The number of aromatic nitrogens is 4. The molecule has 1 aromatic carbocycles. The molecule has 0 aliphatic carbocycles. The van der Waals surface area contributed by atoms with E-state index in [1.807, 2.05) is 41.8 Å². The van der Waals surface area contributed by atoms with Crippen LogP contribution in [0, 0.1) is 6.92 Å². The Labute approximate surface area is 187 Å². The summed E-state index contributed by atoms with van der Waals surface area (Å²) in [5, 5.41) is 13.7. The van der Waals surface area contributed by atoms with Crippen LogP contribution in [0.3, 0.4) is 0 Å². The molecule has 31 heavy (non-hydrogen) atoms. The van der Waals surface area contributed by atoms with E-state index in [1.54, 1.807) is 30.6 Å². The van der Waals surface area contributed by atoms with Crippen molar-refractivity contribution in [1.29, 1.82) is 0 Å². The first-order valence-corrected chi connectivity index (χ1v) is 10.6. The minimum absolute atomic E-state index is 0.108. The molecular weight excluding hydrogens is 436 g/mol. The molecule has 10 heteroatoms. The monoisotopic (exact) mass is 452 g/mol. The highest BCUT2D eigenvalue weighted by Gasteiger charge is 2.17. The third-order valence-electron chi connectivity index (χ3n) is 4.13. The maximum absolute atomic E-state index is 12.2. The molecule has 1 amide bonds. The highest BCUT2D eigenvalue weighted by molar-refractivity contribution is 7.99. The van der Waals surface area contributed by atoms with Crippen molar-refractivity contribution in [2.75, 3.05) is 5.75 Å². The van der Waals surface area contributed by atoms with E-state index in [9.17, 15) is 4.79 Å². The highest BCUT2D eigenvalue weighted by atomic mass is 35.5. The number of carbonyl (C=O) groups excluding carboxylic acids is 1. The normalized spacial score (nSPS) is 11.2. The number of benzene rings is 1. The third-order valence-corrected chi connectivity index (χ3v) is 5.31. The molecule has 0 bridgehead atoms. The Bertz CT molecular complexity index is 1200. The average Bonchev–Trinajstić information content (AvgIpc) is 3.39. The van der Waals surface area contributed by atoms with Gasteiger partial charge < -0.3 is 4.42 Å². The molecule has 1 N–H and O–H groups in total. The molecular formula is C21H17ClN6O2S. The van der Waals surface area contributed by atoms with Crippen molar-refractivity contribution >= 4 is 35.5 Å². The van der Waals surface area contributed by atoms with E-state index in [0.29, 0.717) is 21.8 Å². The number of carbonyl (C=O) groups is 1. The lowest BCUT2D eigenvalue weighted by molar-refractivity contribution is -0.118. The van der Waals surface area contributed by atoms with Crippen molar-refractivity contribution in [1.82, 2.24) is 25.2 Å². The van der Waals surface area contributed by atoms with Crippen LogP contribution in [0.25, 0.3) is 17.1 Å². The van der Waals surface area contributed by atoms with Crippen LogP contribution >= 0.6 is 23.4 Å². The summed E-state index contributed by atoms with van der Waals surface area (Å²) < 4.78 is 7.24. The fourth-order valence-corrected chi connectivity index (χ4v) is 3.60. The molecule has 0 saturated carbocycles. The maximum Gasteiger partial charge on any atom is 0.250 e. The summed E-state index contributed by atoms with van der Waals surface area (Å²) in [5.74, 6) is 1.81. The number of aryl methyl sites for hydroxylation is 1. The second-order valence-electron chi connectivity index (χ2n) is 6.38. The molecule has 0 radical (unpaired) electrons. The van der Waals surface area contributed by atoms with E-state index in [-0.39, 0.29) is 11.7 Å². The van der Waals surface area contributed by atoms with Crippen LogP contribution < -0.4 is 5.43 Å². The van der Waals surface area contributed by atoms with Gasteiger partial charge in [0.2, 0.25) is 0 Å².